The molecule has 0 spiro atoms. The van der Waals surface area contributed by atoms with Crippen LogP contribution in [0.5, 0.6) is 5.75 Å². The first kappa shape index (κ1) is 21.9. The third kappa shape index (κ3) is 5.22. The zero-order valence-corrected chi connectivity index (χ0v) is 17.7. The minimum Gasteiger partial charge on any atom is -0.494 e. The molecule has 1 fully saturated rings. The van der Waals surface area contributed by atoms with Crippen molar-refractivity contribution in [2.75, 3.05) is 32.8 Å². The van der Waals surface area contributed by atoms with Crippen molar-refractivity contribution >= 4 is 21.7 Å². The maximum atomic E-state index is 12.6. The number of ketones is 1. The summed E-state index contributed by atoms with van der Waals surface area (Å²) in [4.78, 5) is 30.4. The molecular weight excluding hydrogens is 406 g/mol. The predicted molar refractivity (Wildman–Crippen MR) is 111 cm³/mol. The van der Waals surface area contributed by atoms with Crippen molar-refractivity contribution in [3.05, 3.63) is 54.4 Å². The Morgan fingerprint density at radius 3 is 2.33 bits per heavy atom. The van der Waals surface area contributed by atoms with E-state index in [0.29, 0.717) is 31.0 Å². The SMILES string of the molecule is CCOc1ccc(C(=O)CCC(=O)N2CCN(S(=O)(=O)c3cccnc3)CC2)cc1. The highest BCUT2D eigenvalue weighted by atomic mass is 32.2. The zero-order chi connectivity index (χ0) is 21.6. The quantitative estimate of drug-likeness (QED) is 0.593. The summed E-state index contributed by atoms with van der Waals surface area (Å²) in [7, 11) is -3.61. The number of hydrogen-bond donors (Lipinski definition) is 0. The Morgan fingerprint density at radius 1 is 1.03 bits per heavy atom. The van der Waals surface area contributed by atoms with E-state index in [9.17, 15) is 18.0 Å². The van der Waals surface area contributed by atoms with Gasteiger partial charge in [0.25, 0.3) is 0 Å². The largest absolute Gasteiger partial charge is 0.494 e. The number of pyridine rings is 1. The molecule has 1 aliphatic heterocycles. The number of amides is 1. The number of carbonyl (C=O) groups is 2. The second-order valence-corrected chi connectivity index (χ2v) is 8.79. The van der Waals surface area contributed by atoms with Crippen molar-refractivity contribution in [1.29, 1.82) is 0 Å². The highest BCUT2D eigenvalue weighted by molar-refractivity contribution is 7.89. The van der Waals surface area contributed by atoms with Gasteiger partial charge in [0.15, 0.2) is 5.78 Å². The number of piperazine rings is 1. The van der Waals surface area contributed by atoms with Crippen LogP contribution in [0, 0.1) is 0 Å². The molecule has 1 aromatic heterocycles. The van der Waals surface area contributed by atoms with Crippen molar-refractivity contribution in [3.8, 4) is 5.75 Å². The fourth-order valence-electron chi connectivity index (χ4n) is 3.25. The predicted octanol–water partition coefficient (Wildman–Crippen LogP) is 1.98. The molecule has 2 aromatic rings. The van der Waals surface area contributed by atoms with Crippen LogP contribution in [0.1, 0.15) is 30.1 Å². The van der Waals surface area contributed by atoms with Gasteiger partial charge in [0.1, 0.15) is 10.6 Å². The lowest BCUT2D eigenvalue weighted by Crippen LogP contribution is -2.50. The molecule has 1 aromatic carbocycles. The molecule has 0 atom stereocenters. The number of ether oxygens (including phenoxy) is 1. The number of carbonyl (C=O) groups excluding carboxylic acids is 2. The number of hydrogen-bond acceptors (Lipinski definition) is 6. The second kappa shape index (κ2) is 9.82. The van der Waals surface area contributed by atoms with Crippen LogP contribution in [0.15, 0.2) is 53.7 Å². The molecule has 0 saturated carbocycles. The van der Waals surface area contributed by atoms with Crippen LogP contribution in [-0.4, -0.2) is 67.1 Å². The highest BCUT2D eigenvalue weighted by Gasteiger charge is 2.30. The van der Waals surface area contributed by atoms with Crippen molar-refractivity contribution < 1.29 is 22.7 Å². The van der Waals surface area contributed by atoms with Crippen molar-refractivity contribution in [2.24, 2.45) is 0 Å². The Labute approximate surface area is 176 Å². The molecule has 2 heterocycles. The molecule has 8 nitrogen and oxygen atoms in total. The number of aromatic nitrogens is 1. The Morgan fingerprint density at radius 2 is 1.73 bits per heavy atom. The number of Topliss-reactive ketones (excluding diaryl/α,β-unsaturated/α-hetero) is 1. The van der Waals surface area contributed by atoms with E-state index >= 15 is 0 Å². The molecule has 0 radical (unpaired) electrons. The molecule has 0 aliphatic carbocycles. The standard InChI is InChI=1S/C21H25N3O5S/c1-2-29-18-7-5-17(6-8-18)20(25)9-10-21(26)23-12-14-24(15-13-23)30(27,28)19-4-3-11-22-16-19/h3-8,11,16H,2,9-10,12-15H2,1H3. The molecule has 0 unspecified atom stereocenters. The summed E-state index contributed by atoms with van der Waals surface area (Å²) in [5.41, 5.74) is 0.540. The van der Waals surface area contributed by atoms with E-state index in [-0.39, 0.29) is 42.5 Å². The fourth-order valence-corrected chi connectivity index (χ4v) is 4.64. The summed E-state index contributed by atoms with van der Waals surface area (Å²) in [5.74, 6) is 0.445. The van der Waals surface area contributed by atoms with Crippen LogP contribution in [0.4, 0.5) is 0 Å². The molecule has 9 heteroatoms. The van der Waals surface area contributed by atoms with Crippen LogP contribution in [0.25, 0.3) is 0 Å². The Kier molecular flexibility index (Phi) is 7.17. The molecular formula is C21H25N3O5S. The van der Waals surface area contributed by atoms with E-state index in [1.807, 2.05) is 6.92 Å². The molecule has 1 saturated heterocycles. The van der Waals surface area contributed by atoms with E-state index in [4.69, 9.17) is 4.74 Å². The van der Waals surface area contributed by atoms with E-state index < -0.39 is 10.0 Å². The molecule has 30 heavy (non-hydrogen) atoms. The van der Waals surface area contributed by atoms with Gasteiger partial charge in [-0.25, -0.2) is 8.42 Å². The van der Waals surface area contributed by atoms with Gasteiger partial charge in [-0.3, -0.25) is 14.6 Å². The van der Waals surface area contributed by atoms with Crippen LogP contribution < -0.4 is 4.74 Å². The second-order valence-electron chi connectivity index (χ2n) is 6.85. The summed E-state index contributed by atoms with van der Waals surface area (Å²) in [6.07, 6.45) is 3.05. The van der Waals surface area contributed by atoms with Gasteiger partial charge in [-0.2, -0.15) is 4.31 Å². The lowest BCUT2D eigenvalue weighted by molar-refractivity contribution is -0.132. The van der Waals surface area contributed by atoms with Crippen LogP contribution in [0.3, 0.4) is 0 Å². The van der Waals surface area contributed by atoms with Crippen LogP contribution in [0.2, 0.25) is 0 Å². The smallest absolute Gasteiger partial charge is 0.244 e. The van der Waals surface area contributed by atoms with Gasteiger partial charge in [-0.05, 0) is 43.3 Å². The summed E-state index contributed by atoms with van der Waals surface area (Å²) >= 11 is 0. The lowest BCUT2D eigenvalue weighted by atomic mass is 10.1. The molecule has 1 aliphatic rings. The zero-order valence-electron chi connectivity index (χ0n) is 16.9. The van der Waals surface area contributed by atoms with Gasteiger partial charge in [-0.15, -0.1) is 0 Å². The van der Waals surface area contributed by atoms with Gasteiger partial charge in [0, 0.05) is 57.0 Å². The van der Waals surface area contributed by atoms with Crippen molar-refractivity contribution in [2.45, 2.75) is 24.7 Å². The first-order chi connectivity index (χ1) is 14.4. The Bertz CT molecular complexity index is 969. The maximum Gasteiger partial charge on any atom is 0.244 e. The highest BCUT2D eigenvalue weighted by Crippen LogP contribution is 2.18. The molecule has 0 bridgehead atoms. The summed E-state index contributed by atoms with van der Waals surface area (Å²) in [6.45, 7) is 3.48. The third-order valence-electron chi connectivity index (χ3n) is 4.92. The average molecular weight is 432 g/mol. The molecule has 3 rings (SSSR count). The first-order valence-electron chi connectivity index (χ1n) is 9.86. The minimum absolute atomic E-state index is 0.0986. The molecule has 160 valence electrons. The van der Waals surface area contributed by atoms with E-state index in [2.05, 4.69) is 4.98 Å². The van der Waals surface area contributed by atoms with E-state index in [1.54, 1.807) is 35.2 Å². The van der Waals surface area contributed by atoms with Gasteiger partial charge < -0.3 is 9.64 Å². The van der Waals surface area contributed by atoms with Crippen molar-refractivity contribution in [3.63, 3.8) is 0 Å². The number of rotatable bonds is 8. The molecule has 0 N–H and O–H groups in total. The Balaban J connectivity index is 1.49. The monoisotopic (exact) mass is 431 g/mol. The molecule has 1 amide bonds. The topological polar surface area (TPSA) is 96.9 Å². The van der Waals surface area contributed by atoms with Crippen molar-refractivity contribution in [1.82, 2.24) is 14.2 Å². The van der Waals surface area contributed by atoms with E-state index in [1.165, 1.54) is 22.8 Å². The lowest BCUT2D eigenvalue weighted by Gasteiger charge is -2.34. The minimum atomic E-state index is -3.61. The van der Waals surface area contributed by atoms with Crippen LogP contribution in [-0.2, 0) is 14.8 Å². The number of sulfonamides is 1. The van der Waals surface area contributed by atoms with Gasteiger partial charge in [0.05, 0.1) is 6.61 Å². The normalized spacial score (nSPS) is 15.0. The maximum absolute atomic E-state index is 12.6. The van der Waals surface area contributed by atoms with Gasteiger partial charge in [0.2, 0.25) is 15.9 Å². The van der Waals surface area contributed by atoms with Crippen LogP contribution >= 0.6 is 0 Å². The average Bonchev–Trinajstić information content (AvgIpc) is 2.78. The summed E-state index contributed by atoms with van der Waals surface area (Å²) in [6, 6.07) is 9.95. The van der Waals surface area contributed by atoms with E-state index in [0.717, 1.165) is 0 Å². The van der Waals surface area contributed by atoms with Gasteiger partial charge in [-0.1, -0.05) is 0 Å². The number of nitrogens with zero attached hydrogens (tertiary/aromatic N) is 3. The third-order valence-corrected chi connectivity index (χ3v) is 6.80. The van der Waals surface area contributed by atoms with Gasteiger partial charge >= 0.3 is 0 Å². The Hall–Kier alpha value is -2.78. The summed E-state index contributed by atoms with van der Waals surface area (Å²) in [5, 5.41) is 0. The first-order valence-corrected chi connectivity index (χ1v) is 11.3. The fraction of sp³-hybridized carbons (Fsp3) is 0.381. The summed E-state index contributed by atoms with van der Waals surface area (Å²) < 4.78 is 32.0. The number of benzene rings is 1.